The standard InChI is InChI=1S/C11H13NO.2C10H12N2O.C10H12N2.8C9H11N3/c1-7(2)8-3-4-10-9(5-8)6-11(13)12-10;1-6(2)8-5-12-9-7(8)3-4-11-10(9)13;1-6(2)7-3-4-11-10-8(7)5-9(13)12-10;1-7(2)8-6-12-10-3-4-11-5-9(8)10;1-7(2)8-6-12-4-3-10-9(12)5-11-8;1-7(2)8-5-11-9-6-10-3-4-12(8)9;1-7(2)8-3-4-11-12-6-5-10-9(8)12;1-7(2)8-3-4-9-10-5-6-12(9)11-8;1-6(2)8-9-7(3-4-10-8)11-5-12-9;1-6(2)7-3-4-10-9-8(7)11-5-12-9;1-6(2)7-3-4-8-9(5-7)11-12-10-8;1-7(2)8-6-10-9-4-3-5-11-12(8)9/h3-5,7H,6H2,1-2H3,(H,12,13);3-6,12H,1-2H3,(H,11,13);3-4,6H,5H2,1-2H3,(H,11,12,13);3-7,12H,1-2H3;4*3-7H,1-2H3;3-6H,1-2H3,(H,11,12);2*3-6H,1-2H3,(H,10,11,12);3-7H,1-2H3. The molecule has 2 aromatic carbocycles. The van der Waals surface area contributed by atoms with E-state index in [0.717, 1.165) is 112 Å². The van der Waals surface area contributed by atoms with Crippen LogP contribution in [0.2, 0.25) is 0 Å². The predicted octanol–water partition coefficient (Wildman–Crippen LogP) is 24.2. The highest BCUT2D eigenvalue weighted by atomic mass is 16.2. The highest BCUT2D eigenvalue weighted by Gasteiger charge is 2.24. The summed E-state index contributed by atoms with van der Waals surface area (Å²) in [6, 6.07) is 32.1. The summed E-state index contributed by atoms with van der Waals surface area (Å²) in [6.07, 6.45) is 46.8. The zero-order valence-corrected chi connectivity index (χ0v) is 88.5. The number of H-pyrrole nitrogens is 6. The number of nitrogens with one attached hydrogen (secondary N) is 8. The fourth-order valence-electron chi connectivity index (χ4n) is 16.3. The molecule has 0 saturated heterocycles. The maximum Gasteiger partial charge on any atom is 0.272 e. The van der Waals surface area contributed by atoms with Gasteiger partial charge in [-0.05, 0) is 189 Å². The van der Waals surface area contributed by atoms with Crippen LogP contribution < -0.4 is 16.2 Å². The molecule has 0 atom stereocenters. The van der Waals surface area contributed by atoms with E-state index in [9.17, 15) is 14.4 Å². The molecule has 762 valence electrons. The third-order valence-corrected chi connectivity index (χ3v) is 24.6. The first-order valence-corrected chi connectivity index (χ1v) is 50.2. The number of aromatic amines is 6. The third kappa shape index (κ3) is 27.9. The van der Waals surface area contributed by atoms with Crippen molar-refractivity contribution in [3.05, 3.63) is 341 Å². The number of pyridine rings is 5. The Morgan fingerprint density at radius 1 is 0.367 bits per heavy atom. The quantitative estimate of drug-likeness (QED) is 0.0563. The Bertz CT molecular complexity index is 7480. The normalized spacial score (nSPS) is 11.8. The minimum atomic E-state index is -0.0515. The van der Waals surface area contributed by atoms with E-state index >= 15 is 0 Å². The molecule has 0 aliphatic carbocycles. The van der Waals surface area contributed by atoms with Crippen molar-refractivity contribution in [2.75, 3.05) is 10.6 Å². The predicted molar refractivity (Wildman–Crippen MR) is 586 cm³/mol. The Kier molecular flexibility index (Phi) is 37.1. The molecule has 8 N–H and O–H groups in total. The van der Waals surface area contributed by atoms with Crippen LogP contribution in [0.25, 0.3) is 83.3 Å². The molecule has 34 nitrogen and oxygen atoms in total. The Hall–Kier alpha value is -16.6. The van der Waals surface area contributed by atoms with Crippen LogP contribution >= 0.6 is 0 Å². The zero-order chi connectivity index (χ0) is 105. The zero-order valence-electron chi connectivity index (χ0n) is 88.5. The largest absolute Gasteiger partial charge is 0.361 e. The summed E-state index contributed by atoms with van der Waals surface area (Å²) in [5.74, 6) is 6.77. The smallest absolute Gasteiger partial charge is 0.272 e. The second-order valence-electron chi connectivity index (χ2n) is 39.5. The minimum Gasteiger partial charge on any atom is -0.361 e. The molecule has 147 heavy (non-hydrogen) atoms. The van der Waals surface area contributed by atoms with Crippen LogP contribution in [0.15, 0.2) is 257 Å². The summed E-state index contributed by atoms with van der Waals surface area (Å²) in [4.78, 5) is 103. The Labute approximate surface area is 855 Å². The first-order valence-electron chi connectivity index (χ1n) is 50.2. The van der Waals surface area contributed by atoms with Gasteiger partial charge in [-0.2, -0.15) is 30.7 Å². The topological polar surface area (TPSA) is 424 Å². The van der Waals surface area contributed by atoms with E-state index in [2.05, 4.69) is 332 Å². The van der Waals surface area contributed by atoms with E-state index in [-0.39, 0.29) is 17.4 Å². The van der Waals surface area contributed by atoms with Crippen molar-refractivity contribution in [2.24, 2.45) is 0 Å². The number of nitrogens with zero attached hydrogens (tertiary/aromatic N) is 23. The summed E-state index contributed by atoms with van der Waals surface area (Å²) >= 11 is 0. The molecular formula is C113H137N31O3. The van der Waals surface area contributed by atoms with E-state index in [1.807, 2.05) is 156 Å². The number of benzene rings is 2. The SMILES string of the molecule is CC(C)c1c[nH]c2c(=O)[nH]ccc12.CC(C)c1c[nH]c2ccncc12.CC(C)c1ccc2c(c1)CC(=O)N2.CC(C)c1ccc2n[nH]nc2c1.CC(C)c1ccc2nccn2n1.CC(C)c1ccnc2c1CC(=O)N2.CC(C)c1ccnc2nc[nH]c12.CC(C)c1ccnn2ccnc12.CC(C)c1cn2ccnc2cn1.CC(C)c1cnc2cccnn12.CC(C)c1cnc2cnccn12.CC(C)c1nccc2[nH]cnc12. The molecule has 22 aromatic rings. The first-order chi connectivity index (χ1) is 70.6. The summed E-state index contributed by atoms with van der Waals surface area (Å²) in [5, 5.41) is 31.2. The average molecular weight is 1980 g/mol. The first kappa shape index (κ1) is 108. The number of hydrogen-bond acceptors (Lipinski definition) is 21. The molecule has 0 radical (unpaired) electrons. The molecule has 0 unspecified atom stereocenters. The van der Waals surface area contributed by atoms with Gasteiger partial charge in [0.05, 0.1) is 77.9 Å². The van der Waals surface area contributed by atoms with Gasteiger partial charge in [0.1, 0.15) is 27.9 Å². The number of imidazole rings is 7. The van der Waals surface area contributed by atoms with Crippen molar-refractivity contribution in [1.29, 1.82) is 0 Å². The number of aromatic nitrogens is 29. The van der Waals surface area contributed by atoms with Crippen molar-refractivity contribution < 1.29 is 9.59 Å². The maximum absolute atomic E-state index is 11.3. The molecule has 22 heterocycles. The molecule has 0 fully saturated rings. The van der Waals surface area contributed by atoms with Gasteiger partial charge >= 0.3 is 0 Å². The van der Waals surface area contributed by atoms with Crippen LogP contribution in [0, 0.1) is 0 Å². The highest BCUT2D eigenvalue weighted by Crippen LogP contribution is 2.32. The van der Waals surface area contributed by atoms with Gasteiger partial charge in [-0.15, -0.1) is 0 Å². The molecule has 24 rings (SSSR count). The van der Waals surface area contributed by atoms with Crippen LogP contribution in [0.1, 0.15) is 316 Å². The molecule has 34 heteroatoms. The third-order valence-electron chi connectivity index (χ3n) is 24.6. The molecule has 2 aliphatic heterocycles. The second kappa shape index (κ2) is 50.6. The number of hydrogen-bond donors (Lipinski definition) is 8. The average Bonchev–Trinajstić information content (AvgIpc) is 1.67. The van der Waals surface area contributed by atoms with Crippen LogP contribution in [0.4, 0.5) is 11.5 Å². The van der Waals surface area contributed by atoms with Gasteiger partial charge < -0.3 is 44.4 Å². The van der Waals surface area contributed by atoms with Crippen LogP contribution in [-0.4, -0.2) is 155 Å². The second-order valence-corrected chi connectivity index (χ2v) is 39.5. The van der Waals surface area contributed by atoms with E-state index in [1.165, 1.54) is 55.5 Å². The van der Waals surface area contributed by atoms with Crippen molar-refractivity contribution in [2.45, 2.75) is 250 Å². The van der Waals surface area contributed by atoms with E-state index < -0.39 is 0 Å². The Morgan fingerprint density at radius 2 is 1.01 bits per heavy atom. The van der Waals surface area contributed by atoms with Gasteiger partial charge in [0, 0.05) is 163 Å². The number of anilines is 2. The minimum absolute atomic E-state index is 0.0515. The van der Waals surface area contributed by atoms with Crippen molar-refractivity contribution in [3.63, 3.8) is 0 Å². The van der Waals surface area contributed by atoms with Gasteiger partial charge in [-0.3, -0.25) is 34.3 Å². The van der Waals surface area contributed by atoms with Crippen molar-refractivity contribution in [1.82, 2.24) is 143 Å². The van der Waals surface area contributed by atoms with E-state index in [0.29, 0.717) is 89.4 Å². The van der Waals surface area contributed by atoms with Crippen molar-refractivity contribution >= 4 is 107 Å². The van der Waals surface area contributed by atoms with Gasteiger partial charge in [0.2, 0.25) is 11.8 Å². The van der Waals surface area contributed by atoms with Crippen LogP contribution in [0.3, 0.4) is 0 Å². The molecular weight excluding hydrogens is 1840 g/mol. The molecule has 0 spiro atoms. The van der Waals surface area contributed by atoms with Crippen molar-refractivity contribution in [3.8, 4) is 0 Å². The number of carbonyl (C=O) groups is 2. The number of rotatable bonds is 12. The fourth-order valence-corrected chi connectivity index (χ4v) is 16.3. The summed E-state index contributed by atoms with van der Waals surface area (Å²) in [6.45, 7) is 51.5. The van der Waals surface area contributed by atoms with Crippen LogP contribution in [0.5, 0.6) is 0 Å². The molecule has 2 aliphatic rings. The lowest BCUT2D eigenvalue weighted by molar-refractivity contribution is -0.115. The Morgan fingerprint density at radius 3 is 1.74 bits per heavy atom. The number of carbonyl (C=O) groups excluding carboxylic acids is 2. The lowest BCUT2D eigenvalue weighted by Crippen LogP contribution is -2.04. The van der Waals surface area contributed by atoms with Gasteiger partial charge in [-0.25, -0.2) is 58.4 Å². The maximum atomic E-state index is 11.3. The summed E-state index contributed by atoms with van der Waals surface area (Å²) in [5.41, 5.74) is 29.9. The molecule has 20 aromatic heterocycles. The monoisotopic (exact) mass is 1980 g/mol. The van der Waals surface area contributed by atoms with Gasteiger partial charge in [0.15, 0.2) is 33.9 Å². The lowest BCUT2D eigenvalue weighted by Gasteiger charge is -2.08. The summed E-state index contributed by atoms with van der Waals surface area (Å²) in [7, 11) is 0. The Balaban J connectivity index is 0.000000134. The summed E-state index contributed by atoms with van der Waals surface area (Å²) < 4.78 is 9.54. The molecule has 0 bridgehead atoms. The van der Waals surface area contributed by atoms with E-state index in [1.54, 1.807) is 83.7 Å². The van der Waals surface area contributed by atoms with E-state index in [4.69, 9.17) is 0 Å². The molecule has 0 saturated carbocycles. The van der Waals surface area contributed by atoms with Crippen LogP contribution in [-0.2, 0) is 22.4 Å². The fraction of sp³-hybridized carbons (Fsp3) is 0.336. The highest BCUT2D eigenvalue weighted by molar-refractivity contribution is 5.99. The number of amides is 2. The lowest BCUT2D eigenvalue weighted by atomic mass is 9.98. The molecule has 2 amide bonds. The number of fused-ring (bicyclic) bond motifs is 12. The van der Waals surface area contributed by atoms with Gasteiger partial charge in [0.25, 0.3) is 5.56 Å². The van der Waals surface area contributed by atoms with Gasteiger partial charge in [-0.1, -0.05) is 184 Å².